The van der Waals surface area contributed by atoms with Gasteiger partial charge < -0.3 is 0 Å². The Hall–Kier alpha value is -2.22. The van der Waals surface area contributed by atoms with Gasteiger partial charge in [-0.3, -0.25) is 9.79 Å². The van der Waals surface area contributed by atoms with Crippen LogP contribution in [0.15, 0.2) is 59.6 Å². The molecule has 0 aliphatic carbocycles. The van der Waals surface area contributed by atoms with Crippen LogP contribution in [0.4, 0.5) is 5.69 Å². The average molecular weight is 237 g/mol. The van der Waals surface area contributed by atoms with Crippen molar-refractivity contribution in [1.82, 2.24) is 0 Å². The highest BCUT2D eigenvalue weighted by Crippen LogP contribution is 2.16. The number of Topliss-reactive ketones (excluding diaryl/α,β-unsaturated/α-hetero) is 1. The molecule has 0 saturated carbocycles. The molecule has 90 valence electrons. The number of para-hydroxylation sites is 1. The molecule has 0 atom stereocenters. The molecule has 0 aliphatic rings. The van der Waals surface area contributed by atoms with E-state index in [4.69, 9.17) is 0 Å². The Morgan fingerprint density at radius 1 is 1.06 bits per heavy atom. The number of hydrogen-bond donors (Lipinski definition) is 0. The number of hydrogen-bond acceptors (Lipinski definition) is 2. The van der Waals surface area contributed by atoms with E-state index in [0.717, 1.165) is 16.8 Å². The van der Waals surface area contributed by atoms with Gasteiger partial charge in [0.15, 0.2) is 5.78 Å². The number of aryl methyl sites for hydroxylation is 1. The third kappa shape index (κ3) is 3.14. The Kier molecular flexibility index (Phi) is 4.02. The maximum absolute atomic E-state index is 11.8. The van der Waals surface area contributed by atoms with E-state index in [2.05, 4.69) is 4.99 Å². The molecule has 2 heteroatoms. The lowest BCUT2D eigenvalue weighted by Crippen LogP contribution is -1.98. The maximum Gasteiger partial charge on any atom is 0.168 e. The second-order valence-electron chi connectivity index (χ2n) is 4.09. The molecule has 2 aromatic carbocycles. The number of ketones is 1. The molecule has 0 heterocycles. The monoisotopic (exact) mass is 237 g/mol. The Bertz CT molecular complexity index is 558. The van der Waals surface area contributed by atoms with Gasteiger partial charge in [-0.25, -0.2) is 0 Å². The fourth-order valence-corrected chi connectivity index (χ4v) is 1.68. The molecule has 0 aliphatic heterocycles. The molecule has 2 nitrogen and oxygen atoms in total. The highest BCUT2D eigenvalue weighted by atomic mass is 16.1. The highest BCUT2D eigenvalue weighted by Gasteiger charge is 2.02. The Morgan fingerprint density at radius 2 is 1.72 bits per heavy atom. The quantitative estimate of drug-likeness (QED) is 0.584. The first-order chi connectivity index (χ1) is 8.77. The van der Waals surface area contributed by atoms with Crippen molar-refractivity contribution in [2.45, 2.75) is 13.3 Å². The van der Waals surface area contributed by atoms with Crippen molar-refractivity contribution < 1.29 is 4.79 Å². The Balaban J connectivity index is 2.00. The summed E-state index contributed by atoms with van der Waals surface area (Å²) >= 11 is 0. The molecule has 0 unspecified atom stereocenters. The van der Waals surface area contributed by atoms with Gasteiger partial charge in [-0.1, -0.05) is 48.5 Å². The lowest BCUT2D eigenvalue weighted by atomic mass is 10.1. The lowest BCUT2D eigenvalue weighted by Gasteiger charge is -1.98. The molecular formula is C16H15NO. The Morgan fingerprint density at radius 3 is 2.44 bits per heavy atom. The summed E-state index contributed by atoms with van der Waals surface area (Å²) in [5, 5.41) is 0. The van der Waals surface area contributed by atoms with Crippen LogP contribution in [-0.2, 0) is 0 Å². The molecule has 0 fully saturated rings. The van der Waals surface area contributed by atoms with Crippen molar-refractivity contribution in [3.63, 3.8) is 0 Å². The lowest BCUT2D eigenvalue weighted by molar-refractivity contribution is 0.100. The SMILES string of the molecule is Cc1ccccc1N=CCC(=O)c1ccccc1. The highest BCUT2D eigenvalue weighted by molar-refractivity contribution is 6.03. The van der Waals surface area contributed by atoms with Gasteiger partial charge in [0, 0.05) is 18.2 Å². The molecule has 0 saturated heterocycles. The van der Waals surface area contributed by atoms with Crippen LogP contribution in [0.1, 0.15) is 22.3 Å². The molecule has 0 N–H and O–H groups in total. The van der Waals surface area contributed by atoms with Gasteiger partial charge in [0.2, 0.25) is 0 Å². The van der Waals surface area contributed by atoms with Crippen LogP contribution in [0.25, 0.3) is 0 Å². The van der Waals surface area contributed by atoms with Crippen molar-refractivity contribution in [1.29, 1.82) is 0 Å². The van der Waals surface area contributed by atoms with E-state index in [1.54, 1.807) is 6.21 Å². The number of nitrogens with zero attached hydrogens (tertiary/aromatic N) is 1. The first kappa shape index (κ1) is 12.2. The zero-order chi connectivity index (χ0) is 12.8. The summed E-state index contributed by atoms with van der Waals surface area (Å²) in [5.74, 6) is 0.0907. The van der Waals surface area contributed by atoms with Crippen LogP contribution >= 0.6 is 0 Å². The second kappa shape index (κ2) is 5.92. The Labute approximate surface area is 107 Å². The third-order valence-corrected chi connectivity index (χ3v) is 2.72. The van der Waals surface area contributed by atoms with Crippen molar-refractivity contribution in [2.24, 2.45) is 4.99 Å². The molecular weight excluding hydrogens is 222 g/mol. The molecule has 0 bridgehead atoms. The predicted molar refractivity (Wildman–Crippen MR) is 74.7 cm³/mol. The van der Waals surface area contributed by atoms with Crippen LogP contribution in [0.3, 0.4) is 0 Å². The maximum atomic E-state index is 11.8. The van der Waals surface area contributed by atoms with Gasteiger partial charge in [0.05, 0.1) is 5.69 Å². The van der Waals surface area contributed by atoms with E-state index in [9.17, 15) is 4.79 Å². The van der Waals surface area contributed by atoms with E-state index < -0.39 is 0 Å². The molecule has 2 aromatic rings. The summed E-state index contributed by atoms with van der Waals surface area (Å²) in [6.45, 7) is 2.01. The largest absolute Gasteiger partial charge is 0.294 e. The van der Waals surface area contributed by atoms with Crippen LogP contribution in [0.2, 0.25) is 0 Å². The molecule has 0 spiro atoms. The average Bonchev–Trinajstić information content (AvgIpc) is 2.42. The van der Waals surface area contributed by atoms with Gasteiger partial charge in [-0.15, -0.1) is 0 Å². The van der Waals surface area contributed by atoms with Gasteiger partial charge in [0.1, 0.15) is 0 Å². The van der Waals surface area contributed by atoms with Crippen LogP contribution in [0.5, 0.6) is 0 Å². The van der Waals surface area contributed by atoms with E-state index in [-0.39, 0.29) is 5.78 Å². The van der Waals surface area contributed by atoms with Crippen molar-refractivity contribution >= 4 is 17.7 Å². The van der Waals surface area contributed by atoms with Crippen LogP contribution in [-0.4, -0.2) is 12.0 Å². The predicted octanol–water partition coefficient (Wildman–Crippen LogP) is 3.97. The molecule has 0 aromatic heterocycles. The summed E-state index contributed by atoms with van der Waals surface area (Å²) < 4.78 is 0. The van der Waals surface area contributed by atoms with E-state index >= 15 is 0 Å². The summed E-state index contributed by atoms with van der Waals surface area (Å²) in [4.78, 5) is 16.2. The normalized spacial score (nSPS) is 10.7. The topological polar surface area (TPSA) is 29.4 Å². The van der Waals surface area contributed by atoms with Crippen LogP contribution in [0, 0.1) is 6.92 Å². The molecule has 0 amide bonds. The van der Waals surface area contributed by atoms with E-state index in [1.165, 1.54) is 0 Å². The first-order valence-corrected chi connectivity index (χ1v) is 5.94. The first-order valence-electron chi connectivity index (χ1n) is 5.94. The van der Waals surface area contributed by atoms with Gasteiger partial charge in [-0.2, -0.15) is 0 Å². The van der Waals surface area contributed by atoms with Gasteiger partial charge in [-0.05, 0) is 18.6 Å². The van der Waals surface area contributed by atoms with E-state index in [0.29, 0.717) is 6.42 Å². The summed E-state index contributed by atoms with van der Waals surface area (Å²) in [7, 11) is 0. The smallest absolute Gasteiger partial charge is 0.168 e. The van der Waals surface area contributed by atoms with Gasteiger partial charge >= 0.3 is 0 Å². The number of benzene rings is 2. The van der Waals surface area contributed by atoms with Crippen molar-refractivity contribution in [3.8, 4) is 0 Å². The minimum atomic E-state index is 0.0907. The zero-order valence-electron chi connectivity index (χ0n) is 10.3. The van der Waals surface area contributed by atoms with E-state index in [1.807, 2.05) is 61.5 Å². The minimum absolute atomic E-state index is 0.0907. The molecule has 18 heavy (non-hydrogen) atoms. The number of carbonyl (C=O) groups excluding carboxylic acids is 1. The van der Waals surface area contributed by atoms with Crippen molar-refractivity contribution in [3.05, 3.63) is 65.7 Å². The van der Waals surface area contributed by atoms with Gasteiger partial charge in [0.25, 0.3) is 0 Å². The fourth-order valence-electron chi connectivity index (χ4n) is 1.68. The number of rotatable bonds is 4. The summed E-state index contributed by atoms with van der Waals surface area (Å²) in [5.41, 5.74) is 2.76. The minimum Gasteiger partial charge on any atom is -0.294 e. The number of aliphatic imine (C=N–C) groups is 1. The molecule has 2 rings (SSSR count). The standard InChI is InChI=1S/C16H15NO/c1-13-7-5-6-10-15(13)17-12-11-16(18)14-8-3-2-4-9-14/h2-10,12H,11H2,1H3. The summed E-state index contributed by atoms with van der Waals surface area (Å²) in [6.07, 6.45) is 2.01. The zero-order valence-corrected chi connectivity index (χ0v) is 10.3. The fraction of sp³-hybridized carbons (Fsp3) is 0.125. The summed E-state index contributed by atoms with van der Waals surface area (Å²) in [6, 6.07) is 17.1. The number of carbonyl (C=O) groups is 1. The second-order valence-corrected chi connectivity index (χ2v) is 4.09. The van der Waals surface area contributed by atoms with Crippen LogP contribution < -0.4 is 0 Å². The molecule has 0 radical (unpaired) electrons. The van der Waals surface area contributed by atoms with Crippen molar-refractivity contribution in [2.75, 3.05) is 0 Å². The third-order valence-electron chi connectivity index (χ3n) is 2.72.